The third-order valence-electron chi connectivity index (χ3n) is 0. The molecule has 0 saturated heterocycles. The van der Waals surface area contributed by atoms with Crippen LogP contribution in [0.15, 0.2) is 0 Å². The maximum atomic E-state index is 7.00. The van der Waals surface area contributed by atoms with Crippen molar-refractivity contribution in [2.24, 2.45) is 0 Å². The standard InChI is InChI=1S/5CH4O.4Na.4H/c5*1-2;;;;;;;;/h5*2H,1H3;;;;;;;;. The van der Waals surface area contributed by atoms with Crippen LogP contribution in [0.2, 0.25) is 0 Å². The summed E-state index contributed by atoms with van der Waals surface area (Å²) < 4.78 is 0. The van der Waals surface area contributed by atoms with Gasteiger partial charge in [-0.05, 0) is 0 Å². The molecule has 0 aromatic heterocycles. The van der Waals surface area contributed by atoms with Gasteiger partial charge in [0.25, 0.3) is 0 Å². The minimum absolute atomic E-state index is 0. The van der Waals surface area contributed by atoms with Crippen LogP contribution in [-0.2, 0) is 0 Å². The fourth-order valence-corrected chi connectivity index (χ4v) is 0. The molecule has 5 N–H and O–H groups in total. The number of hydrogen-bond acceptors (Lipinski definition) is 5. The Morgan fingerprint density at radius 1 is 0.286 bits per heavy atom. The molecule has 0 aliphatic heterocycles. The van der Waals surface area contributed by atoms with Crippen LogP contribution in [-0.4, -0.2) is 179 Å². The summed E-state index contributed by atoms with van der Waals surface area (Å²) in [7, 11) is 5.00. The molecule has 0 amide bonds. The van der Waals surface area contributed by atoms with E-state index >= 15 is 0 Å². The van der Waals surface area contributed by atoms with Gasteiger partial charge in [0.1, 0.15) is 0 Å². The van der Waals surface area contributed by atoms with Crippen LogP contribution in [0.25, 0.3) is 0 Å². The van der Waals surface area contributed by atoms with Crippen LogP contribution in [0.4, 0.5) is 0 Å². The number of hydrogen-bond donors (Lipinski definition) is 5. The molecule has 0 aliphatic carbocycles. The molecule has 14 heavy (non-hydrogen) atoms. The summed E-state index contributed by atoms with van der Waals surface area (Å²) >= 11 is 0. The van der Waals surface area contributed by atoms with E-state index in [1.54, 1.807) is 0 Å². The van der Waals surface area contributed by atoms with Gasteiger partial charge in [0, 0.05) is 35.5 Å². The third kappa shape index (κ3) is 240. The van der Waals surface area contributed by atoms with E-state index in [-0.39, 0.29) is 118 Å². The Balaban J connectivity index is -0.00000000298. The topological polar surface area (TPSA) is 101 Å². The third-order valence-corrected chi connectivity index (χ3v) is 0. The van der Waals surface area contributed by atoms with Crippen molar-refractivity contribution in [1.82, 2.24) is 0 Å². The first-order valence-corrected chi connectivity index (χ1v) is 2.24. The van der Waals surface area contributed by atoms with E-state index in [0.29, 0.717) is 0 Å². The minimum atomic E-state index is 0. The van der Waals surface area contributed by atoms with E-state index in [4.69, 9.17) is 25.5 Å². The molecule has 9 heteroatoms. The Labute approximate surface area is 176 Å². The first-order valence-electron chi connectivity index (χ1n) is 2.24. The fraction of sp³-hybridized carbons (Fsp3) is 1.00. The molecule has 0 saturated carbocycles. The van der Waals surface area contributed by atoms with Crippen molar-refractivity contribution in [2.75, 3.05) is 35.5 Å². The van der Waals surface area contributed by atoms with Crippen LogP contribution in [0.1, 0.15) is 0 Å². The molecule has 0 bridgehead atoms. The molecule has 78 valence electrons. The zero-order chi connectivity index (χ0) is 10.0. The van der Waals surface area contributed by atoms with E-state index in [1.165, 1.54) is 0 Å². The monoisotopic (exact) mass is 256 g/mol. The summed E-state index contributed by atoms with van der Waals surface area (Å²) in [6.07, 6.45) is 0. The molecule has 0 atom stereocenters. The van der Waals surface area contributed by atoms with E-state index in [2.05, 4.69) is 0 Å². The van der Waals surface area contributed by atoms with E-state index in [0.717, 1.165) is 35.5 Å². The van der Waals surface area contributed by atoms with Crippen molar-refractivity contribution in [3.05, 3.63) is 0 Å². The van der Waals surface area contributed by atoms with Crippen LogP contribution in [0.5, 0.6) is 0 Å². The zero-order valence-electron chi connectivity index (χ0n) is 7.24. The molecular weight excluding hydrogens is 232 g/mol. The molecule has 5 nitrogen and oxygen atoms in total. The predicted octanol–water partition coefficient (Wildman–Crippen LogP) is -4.55. The van der Waals surface area contributed by atoms with Gasteiger partial charge in [-0.15, -0.1) is 0 Å². The Morgan fingerprint density at radius 2 is 0.286 bits per heavy atom. The van der Waals surface area contributed by atoms with Crippen LogP contribution < -0.4 is 0 Å². The van der Waals surface area contributed by atoms with Crippen LogP contribution in [0, 0.1) is 0 Å². The average Bonchev–Trinajstić information content (AvgIpc) is 2.20. The van der Waals surface area contributed by atoms with Gasteiger partial charge >= 0.3 is 118 Å². The van der Waals surface area contributed by atoms with Gasteiger partial charge < -0.3 is 25.5 Å². The average molecular weight is 256 g/mol. The fourth-order valence-electron chi connectivity index (χ4n) is 0. The van der Waals surface area contributed by atoms with Crippen molar-refractivity contribution in [2.45, 2.75) is 0 Å². The molecule has 0 aromatic rings. The molecule has 0 spiro atoms. The first-order chi connectivity index (χ1) is 5.00. The first kappa shape index (κ1) is 64.9. The van der Waals surface area contributed by atoms with Crippen LogP contribution >= 0.6 is 0 Å². The molecule has 0 aliphatic rings. The summed E-state index contributed by atoms with van der Waals surface area (Å²) in [4.78, 5) is 0. The Morgan fingerprint density at radius 3 is 0.286 bits per heavy atom. The summed E-state index contributed by atoms with van der Waals surface area (Å²) in [5, 5.41) is 35.0. The summed E-state index contributed by atoms with van der Waals surface area (Å²) in [5.41, 5.74) is 0. The number of aliphatic hydroxyl groups excluding tert-OH is 5. The maximum absolute atomic E-state index is 7.00. The summed E-state index contributed by atoms with van der Waals surface area (Å²) in [6, 6.07) is 0. The summed E-state index contributed by atoms with van der Waals surface area (Å²) in [6.45, 7) is 0. The van der Waals surface area contributed by atoms with Crippen molar-refractivity contribution < 1.29 is 25.5 Å². The predicted molar refractivity (Wildman–Crippen MR) is 69.3 cm³/mol. The van der Waals surface area contributed by atoms with Gasteiger partial charge in [0.2, 0.25) is 0 Å². The van der Waals surface area contributed by atoms with Gasteiger partial charge in [0.05, 0.1) is 0 Å². The van der Waals surface area contributed by atoms with Gasteiger partial charge in [0.15, 0.2) is 0 Å². The van der Waals surface area contributed by atoms with Crippen LogP contribution in [0.3, 0.4) is 0 Å². The molecule has 0 aromatic carbocycles. The molecule has 0 fully saturated rings. The van der Waals surface area contributed by atoms with Crippen molar-refractivity contribution in [3.63, 3.8) is 0 Å². The van der Waals surface area contributed by atoms with E-state index in [1.807, 2.05) is 0 Å². The van der Waals surface area contributed by atoms with Crippen molar-refractivity contribution in [3.8, 4) is 0 Å². The number of rotatable bonds is 0. The Bertz CT molecular complexity index is 22.1. The van der Waals surface area contributed by atoms with Gasteiger partial charge in [-0.2, -0.15) is 0 Å². The quantitative estimate of drug-likeness (QED) is 0.281. The molecule has 0 heterocycles. The second-order valence-corrected chi connectivity index (χ2v) is 0. The molecule has 0 radical (unpaired) electrons. The van der Waals surface area contributed by atoms with Gasteiger partial charge in [-0.1, -0.05) is 0 Å². The molecule has 0 unspecified atom stereocenters. The van der Waals surface area contributed by atoms with Gasteiger partial charge in [-0.25, -0.2) is 0 Å². The Hall–Kier alpha value is 3.80. The zero-order valence-corrected chi connectivity index (χ0v) is 7.24. The Kier molecular flexibility index (Phi) is 1350. The molecule has 0 rings (SSSR count). The number of aliphatic hydroxyl groups is 5. The second kappa shape index (κ2) is 290. The normalized spacial score (nSPS) is 2.14. The second-order valence-electron chi connectivity index (χ2n) is 0. The SMILES string of the molecule is CO.CO.CO.CO.CO.[NaH].[NaH].[NaH].[NaH]. The van der Waals surface area contributed by atoms with E-state index < -0.39 is 0 Å². The van der Waals surface area contributed by atoms with Crippen molar-refractivity contribution >= 4 is 118 Å². The van der Waals surface area contributed by atoms with Gasteiger partial charge in [-0.3, -0.25) is 0 Å². The van der Waals surface area contributed by atoms with E-state index in [9.17, 15) is 0 Å². The van der Waals surface area contributed by atoms with Crippen molar-refractivity contribution in [1.29, 1.82) is 0 Å². The summed E-state index contributed by atoms with van der Waals surface area (Å²) in [5.74, 6) is 0. The molecular formula is C5H24Na4O5.